The van der Waals surface area contributed by atoms with Gasteiger partial charge in [0.1, 0.15) is 5.82 Å². The average molecular weight is 288 g/mol. The van der Waals surface area contributed by atoms with Gasteiger partial charge < -0.3 is 4.74 Å². The van der Waals surface area contributed by atoms with Crippen molar-refractivity contribution in [1.29, 1.82) is 0 Å². The minimum Gasteiger partial charge on any atom is -0.449 e. The highest BCUT2D eigenvalue weighted by atomic mass is 19.1. The lowest BCUT2D eigenvalue weighted by molar-refractivity contribution is 0.0312. The molecule has 0 saturated carbocycles. The van der Waals surface area contributed by atoms with Gasteiger partial charge in [-0.05, 0) is 38.1 Å². The van der Waals surface area contributed by atoms with E-state index in [9.17, 15) is 14.0 Å². The molecule has 0 aliphatic carbocycles. The summed E-state index contributed by atoms with van der Waals surface area (Å²) in [5.74, 6) is -1.58. The molecule has 0 aliphatic rings. The van der Waals surface area contributed by atoms with Crippen molar-refractivity contribution in [3.8, 4) is 0 Å². The van der Waals surface area contributed by atoms with E-state index in [1.54, 1.807) is 6.92 Å². The van der Waals surface area contributed by atoms with Gasteiger partial charge in [-0.2, -0.15) is 0 Å². The first-order valence-corrected chi connectivity index (χ1v) is 6.27. The number of ether oxygens (including phenoxy) is 1. The van der Waals surface area contributed by atoms with Crippen LogP contribution in [0.5, 0.6) is 0 Å². The Hall–Kier alpha value is -2.63. The van der Waals surface area contributed by atoms with Gasteiger partial charge in [0, 0.05) is 11.8 Å². The fourth-order valence-corrected chi connectivity index (χ4v) is 1.62. The number of benzene rings is 1. The van der Waals surface area contributed by atoms with E-state index in [-0.39, 0.29) is 11.3 Å². The molecule has 0 amide bonds. The second-order valence-electron chi connectivity index (χ2n) is 4.46. The lowest BCUT2D eigenvalue weighted by Crippen LogP contribution is -2.25. The summed E-state index contributed by atoms with van der Waals surface area (Å²) in [5.41, 5.74) is 0.966. The summed E-state index contributed by atoms with van der Waals surface area (Å²) in [4.78, 5) is 31.7. The zero-order valence-corrected chi connectivity index (χ0v) is 11.5. The minimum atomic E-state index is -0.994. The number of Topliss-reactive ketones (excluding diaryl/α,β-unsaturated/α-hetero) is 1. The summed E-state index contributed by atoms with van der Waals surface area (Å²) < 4.78 is 17.8. The molecule has 0 saturated heterocycles. The number of hydrogen-bond donors (Lipinski definition) is 0. The van der Waals surface area contributed by atoms with Crippen LogP contribution in [0, 0.1) is 12.7 Å². The first-order valence-electron chi connectivity index (χ1n) is 6.27. The highest BCUT2D eigenvalue weighted by Crippen LogP contribution is 2.09. The Kier molecular flexibility index (Phi) is 4.37. The van der Waals surface area contributed by atoms with Crippen molar-refractivity contribution in [3.63, 3.8) is 0 Å². The van der Waals surface area contributed by atoms with Crippen molar-refractivity contribution in [2.45, 2.75) is 20.0 Å². The zero-order valence-electron chi connectivity index (χ0n) is 11.5. The van der Waals surface area contributed by atoms with Crippen LogP contribution in [0.4, 0.5) is 4.39 Å². The van der Waals surface area contributed by atoms with Gasteiger partial charge in [0.2, 0.25) is 5.78 Å². The van der Waals surface area contributed by atoms with Crippen molar-refractivity contribution in [3.05, 3.63) is 59.4 Å². The molecule has 2 rings (SSSR count). The second-order valence-corrected chi connectivity index (χ2v) is 4.46. The molecule has 5 nitrogen and oxygen atoms in total. The second kappa shape index (κ2) is 6.21. The van der Waals surface area contributed by atoms with E-state index >= 15 is 0 Å². The third-order valence-electron chi connectivity index (χ3n) is 2.77. The Morgan fingerprint density at radius 3 is 2.38 bits per heavy atom. The molecule has 0 unspecified atom stereocenters. The summed E-state index contributed by atoms with van der Waals surface area (Å²) in [6.45, 7) is 3.19. The normalized spacial score (nSPS) is 11.8. The van der Waals surface area contributed by atoms with Crippen LogP contribution in [-0.4, -0.2) is 27.8 Å². The maximum atomic E-state index is 12.8. The van der Waals surface area contributed by atoms with E-state index < -0.39 is 23.7 Å². The summed E-state index contributed by atoms with van der Waals surface area (Å²) in [6, 6.07) is 5.03. The molecule has 0 bridgehead atoms. The molecule has 1 aromatic heterocycles. The Morgan fingerprint density at radius 2 is 1.81 bits per heavy atom. The molecule has 0 aliphatic heterocycles. The van der Waals surface area contributed by atoms with Crippen molar-refractivity contribution in [2.24, 2.45) is 0 Å². The highest BCUT2D eigenvalue weighted by molar-refractivity contribution is 6.01. The Labute approximate surface area is 120 Å². The summed E-state index contributed by atoms with van der Waals surface area (Å²) >= 11 is 0. The molecule has 6 heteroatoms. The maximum absolute atomic E-state index is 12.8. The number of rotatable bonds is 4. The van der Waals surface area contributed by atoms with Crippen molar-refractivity contribution >= 4 is 11.8 Å². The van der Waals surface area contributed by atoms with Crippen LogP contribution in [0.3, 0.4) is 0 Å². The third kappa shape index (κ3) is 3.68. The number of ketones is 1. The van der Waals surface area contributed by atoms with Gasteiger partial charge in [0.05, 0.1) is 11.9 Å². The summed E-state index contributed by atoms with van der Waals surface area (Å²) in [6.07, 6.45) is 1.72. The number of carbonyl (C=O) groups is 2. The average Bonchev–Trinajstić information content (AvgIpc) is 2.47. The summed E-state index contributed by atoms with van der Waals surface area (Å²) in [7, 11) is 0. The van der Waals surface area contributed by atoms with E-state index in [0.717, 1.165) is 0 Å². The number of carbonyl (C=O) groups excluding carboxylic acids is 2. The zero-order chi connectivity index (χ0) is 15.4. The number of aryl methyl sites for hydroxylation is 1. The molecule has 1 atom stereocenters. The number of nitrogens with zero attached hydrogens (tertiary/aromatic N) is 2. The molecule has 21 heavy (non-hydrogen) atoms. The molecular weight excluding hydrogens is 275 g/mol. The SMILES string of the molecule is Cc1cnc(C(=O)O[C@@H](C)C(=O)c2ccc(F)cc2)cn1. The lowest BCUT2D eigenvalue weighted by atomic mass is 10.1. The van der Waals surface area contributed by atoms with Crippen LogP contribution < -0.4 is 0 Å². The van der Waals surface area contributed by atoms with Crippen LogP contribution >= 0.6 is 0 Å². The van der Waals surface area contributed by atoms with Crippen LogP contribution in [0.2, 0.25) is 0 Å². The summed E-state index contributed by atoms with van der Waals surface area (Å²) in [5, 5.41) is 0. The largest absolute Gasteiger partial charge is 0.449 e. The van der Waals surface area contributed by atoms with E-state index in [1.807, 2.05) is 0 Å². The van der Waals surface area contributed by atoms with Gasteiger partial charge >= 0.3 is 5.97 Å². The molecule has 1 heterocycles. The molecule has 2 aromatic rings. The van der Waals surface area contributed by atoms with Crippen LogP contribution in [0.15, 0.2) is 36.7 Å². The molecular formula is C15H13FN2O3. The number of esters is 1. The molecule has 0 N–H and O–H groups in total. The Balaban J connectivity index is 2.05. The quantitative estimate of drug-likeness (QED) is 0.638. The molecule has 0 fully saturated rings. The van der Waals surface area contributed by atoms with E-state index in [1.165, 1.54) is 43.6 Å². The molecule has 0 spiro atoms. The maximum Gasteiger partial charge on any atom is 0.359 e. The van der Waals surface area contributed by atoms with Crippen molar-refractivity contribution in [1.82, 2.24) is 9.97 Å². The van der Waals surface area contributed by atoms with Crippen LogP contribution in [0.1, 0.15) is 33.5 Å². The smallest absolute Gasteiger partial charge is 0.359 e. The minimum absolute atomic E-state index is 0.0272. The van der Waals surface area contributed by atoms with E-state index in [0.29, 0.717) is 5.69 Å². The van der Waals surface area contributed by atoms with Gasteiger partial charge in [-0.1, -0.05) is 0 Å². The van der Waals surface area contributed by atoms with Gasteiger partial charge in [0.25, 0.3) is 0 Å². The third-order valence-corrected chi connectivity index (χ3v) is 2.77. The van der Waals surface area contributed by atoms with Gasteiger partial charge in [0.15, 0.2) is 11.8 Å². The first-order chi connectivity index (χ1) is 9.97. The Bertz CT molecular complexity index is 654. The fourth-order valence-electron chi connectivity index (χ4n) is 1.62. The topological polar surface area (TPSA) is 69.2 Å². The highest BCUT2D eigenvalue weighted by Gasteiger charge is 2.21. The van der Waals surface area contributed by atoms with Crippen molar-refractivity contribution in [2.75, 3.05) is 0 Å². The predicted molar refractivity (Wildman–Crippen MR) is 72.4 cm³/mol. The monoisotopic (exact) mass is 288 g/mol. The number of hydrogen-bond acceptors (Lipinski definition) is 5. The fraction of sp³-hybridized carbons (Fsp3) is 0.200. The van der Waals surface area contributed by atoms with E-state index in [2.05, 4.69) is 9.97 Å². The molecule has 0 radical (unpaired) electrons. The Morgan fingerprint density at radius 1 is 1.14 bits per heavy atom. The molecule has 108 valence electrons. The van der Waals surface area contributed by atoms with Crippen LogP contribution in [0.25, 0.3) is 0 Å². The standard InChI is InChI=1S/C15H13FN2O3/c1-9-7-18-13(8-17-9)15(20)21-10(2)14(19)11-3-5-12(16)6-4-11/h3-8,10H,1-2H3/t10-/m0/s1. The molecule has 1 aromatic carbocycles. The van der Waals surface area contributed by atoms with E-state index in [4.69, 9.17) is 4.74 Å². The van der Waals surface area contributed by atoms with Gasteiger partial charge in [-0.15, -0.1) is 0 Å². The number of halogens is 1. The first kappa shape index (κ1) is 14.8. The van der Waals surface area contributed by atoms with Gasteiger partial charge in [-0.3, -0.25) is 9.78 Å². The number of aromatic nitrogens is 2. The van der Waals surface area contributed by atoms with Gasteiger partial charge in [-0.25, -0.2) is 14.2 Å². The predicted octanol–water partition coefficient (Wildman–Crippen LogP) is 2.35. The van der Waals surface area contributed by atoms with Crippen LogP contribution in [-0.2, 0) is 4.74 Å². The lowest BCUT2D eigenvalue weighted by Gasteiger charge is -2.11. The van der Waals surface area contributed by atoms with Crippen molar-refractivity contribution < 1.29 is 18.7 Å².